The molecule has 1 atom stereocenters. The van der Waals surface area contributed by atoms with Crippen LogP contribution in [-0.2, 0) is 4.74 Å². The fourth-order valence-electron chi connectivity index (χ4n) is 2.26. The van der Waals surface area contributed by atoms with Crippen molar-refractivity contribution in [1.29, 1.82) is 0 Å². The van der Waals surface area contributed by atoms with E-state index in [9.17, 15) is 0 Å². The van der Waals surface area contributed by atoms with Crippen LogP contribution in [0.15, 0.2) is 24.7 Å². The number of rotatable bonds is 4. The first-order valence-electron chi connectivity index (χ1n) is 6.81. The number of nitrogen functional groups attached to an aromatic ring is 1. The quantitative estimate of drug-likeness (QED) is 0.902. The maximum absolute atomic E-state index is 6.14. The zero-order chi connectivity index (χ0) is 14.7. The number of nitrogens with two attached hydrogens (primary N) is 1. The van der Waals surface area contributed by atoms with Gasteiger partial charge >= 0.3 is 0 Å². The molecule has 1 aliphatic heterocycles. The third kappa shape index (κ3) is 3.40. The molecule has 2 aromatic rings. The van der Waals surface area contributed by atoms with Gasteiger partial charge in [-0.3, -0.25) is 4.98 Å². The molecule has 3 N–H and O–H groups in total. The highest BCUT2D eigenvalue weighted by atomic mass is 35.5. The van der Waals surface area contributed by atoms with E-state index < -0.39 is 0 Å². The van der Waals surface area contributed by atoms with Gasteiger partial charge < -0.3 is 15.8 Å². The molecule has 0 unspecified atom stereocenters. The van der Waals surface area contributed by atoms with Gasteiger partial charge in [0, 0.05) is 24.9 Å². The third-order valence-electron chi connectivity index (χ3n) is 3.32. The monoisotopic (exact) mass is 305 g/mol. The first-order valence-corrected chi connectivity index (χ1v) is 7.19. The number of hydrogen-bond acceptors (Lipinski definition) is 6. The molecule has 7 heteroatoms. The predicted octanol–water partition coefficient (Wildman–Crippen LogP) is 2.37. The molecule has 0 radical (unpaired) electrons. The number of aromatic nitrogens is 3. The van der Waals surface area contributed by atoms with Crippen LogP contribution in [0.3, 0.4) is 0 Å². The number of halogens is 1. The number of anilines is 2. The minimum atomic E-state index is 0.246. The number of pyridine rings is 1. The van der Waals surface area contributed by atoms with E-state index >= 15 is 0 Å². The van der Waals surface area contributed by atoms with Crippen LogP contribution in [0.2, 0.25) is 5.02 Å². The predicted molar refractivity (Wildman–Crippen MR) is 82.1 cm³/mol. The maximum atomic E-state index is 6.14. The van der Waals surface area contributed by atoms with E-state index in [-0.39, 0.29) is 6.10 Å². The van der Waals surface area contributed by atoms with Gasteiger partial charge in [-0.05, 0) is 18.9 Å². The Bertz CT molecular complexity index is 631. The van der Waals surface area contributed by atoms with Crippen LogP contribution in [0, 0.1) is 0 Å². The highest BCUT2D eigenvalue weighted by Gasteiger charge is 2.15. The Balaban J connectivity index is 1.77. The van der Waals surface area contributed by atoms with E-state index in [0.717, 1.165) is 31.6 Å². The first-order chi connectivity index (χ1) is 10.2. The van der Waals surface area contributed by atoms with Gasteiger partial charge in [0.05, 0.1) is 29.2 Å². The normalized spacial score (nSPS) is 17.9. The van der Waals surface area contributed by atoms with Crippen molar-refractivity contribution in [1.82, 2.24) is 15.0 Å². The highest BCUT2D eigenvalue weighted by molar-refractivity contribution is 6.33. The van der Waals surface area contributed by atoms with Crippen LogP contribution < -0.4 is 11.1 Å². The minimum absolute atomic E-state index is 0.246. The van der Waals surface area contributed by atoms with Crippen molar-refractivity contribution in [3.05, 3.63) is 29.7 Å². The van der Waals surface area contributed by atoms with E-state index in [4.69, 9.17) is 22.1 Å². The second-order valence-corrected chi connectivity index (χ2v) is 5.30. The standard InChI is InChI=1S/C14H16ClN5O/c15-11-6-18-13(16)4-10(11)12-7-17-8-14(20-12)19-5-9-2-1-3-21-9/h4,6-9H,1-3,5H2,(H2,16,18)(H,19,20)/t9-/m1/s1. The molecule has 2 aromatic heterocycles. The van der Waals surface area contributed by atoms with Gasteiger partial charge in [-0.2, -0.15) is 0 Å². The Labute approximate surface area is 127 Å². The topological polar surface area (TPSA) is 86.0 Å². The third-order valence-corrected chi connectivity index (χ3v) is 3.62. The Morgan fingerprint density at radius 3 is 3.10 bits per heavy atom. The lowest BCUT2D eigenvalue weighted by Crippen LogP contribution is -2.19. The summed E-state index contributed by atoms with van der Waals surface area (Å²) in [6.07, 6.45) is 7.28. The molecule has 3 heterocycles. The smallest absolute Gasteiger partial charge is 0.145 e. The summed E-state index contributed by atoms with van der Waals surface area (Å²) in [4.78, 5) is 12.6. The SMILES string of the molecule is Nc1cc(-c2cncc(NC[C@H]3CCCO3)n2)c(Cl)cn1. The molecular weight excluding hydrogens is 290 g/mol. The molecule has 21 heavy (non-hydrogen) atoms. The average Bonchev–Trinajstić information content (AvgIpc) is 3.01. The zero-order valence-electron chi connectivity index (χ0n) is 11.4. The van der Waals surface area contributed by atoms with Gasteiger partial charge in [0.25, 0.3) is 0 Å². The molecule has 110 valence electrons. The number of hydrogen-bond donors (Lipinski definition) is 2. The Morgan fingerprint density at radius 1 is 1.38 bits per heavy atom. The largest absolute Gasteiger partial charge is 0.384 e. The summed E-state index contributed by atoms with van der Waals surface area (Å²) in [7, 11) is 0. The van der Waals surface area contributed by atoms with Crippen molar-refractivity contribution < 1.29 is 4.74 Å². The van der Waals surface area contributed by atoms with Crippen molar-refractivity contribution in [3.63, 3.8) is 0 Å². The lowest BCUT2D eigenvalue weighted by Gasteiger charge is -2.12. The van der Waals surface area contributed by atoms with Crippen molar-refractivity contribution in [2.45, 2.75) is 18.9 Å². The molecular formula is C14H16ClN5O. The Kier molecular flexibility index (Phi) is 4.17. The average molecular weight is 306 g/mol. The summed E-state index contributed by atoms with van der Waals surface area (Å²) in [6, 6.07) is 1.69. The summed E-state index contributed by atoms with van der Waals surface area (Å²) >= 11 is 6.14. The lowest BCUT2D eigenvalue weighted by molar-refractivity contribution is 0.120. The van der Waals surface area contributed by atoms with Gasteiger partial charge in [0.15, 0.2) is 0 Å². The molecule has 1 fully saturated rings. The molecule has 1 aliphatic rings. The van der Waals surface area contributed by atoms with Crippen molar-refractivity contribution >= 4 is 23.2 Å². The van der Waals surface area contributed by atoms with E-state index in [1.54, 1.807) is 18.5 Å². The summed E-state index contributed by atoms with van der Waals surface area (Å²) in [5.74, 6) is 1.09. The van der Waals surface area contributed by atoms with Crippen molar-refractivity contribution in [2.24, 2.45) is 0 Å². The van der Waals surface area contributed by atoms with E-state index in [1.807, 2.05) is 0 Å². The fraction of sp³-hybridized carbons (Fsp3) is 0.357. The molecule has 0 bridgehead atoms. The summed E-state index contributed by atoms with van der Waals surface area (Å²) in [6.45, 7) is 1.56. The first kappa shape index (κ1) is 14.0. The van der Waals surface area contributed by atoms with Gasteiger partial charge in [0.2, 0.25) is 0 Å². The number of nitrogens with zero attached hydrogens (tertiary/aromatic N) is 3. The van der Waals surface area contributed by atoms with Crippen LogP contribution in [0.5, 0.6) is 0 Å². The van der Waals surface area contributed by atoms with Crippen LogP contribution in [-0.4, -0.2) is 34.2 Å². The van der Waals surface area contributed by atoms with Crippen molar-refractivity contribution in [3.8, 4) is 11.3 Å². The molecule has 0 saturated carbocycles. The van der Waals surface area contributed by atoms with Crippen LogP contribution in [0.25, 0.3) is 11.3 Å². The second kappa shape index (κ2) is 6.24. The summed E-state index contributed by atoms with van der Waals surface area (Å²) < 4.78 is 5.57. The Hall–Kier alpha value is -1.92. The van der Waals surface area contributed by atoms with Crippen LogP contribution in [0.1, 0.15) is 12.8 Å². The molecule has 1 saturated heterocycles. The van der Waals surface area contributed by atoms with E-state index in [0.29, 0.717) is 22.4 Å². The van der Waals surface area contributed by atoms with Crippen LogP contribution in [0.4, 0.5) is 11.6 Å². The fourth-order valence-corrected chi connectivity index (χ4v) is 2.46. The molecule has 3 rings (SSSR count). The molecule has 0 amide bonds. The van der Waals surface area contributed by atoms with Crippen molar-refractivity contribution in [2.75, 3.05) is 24.2 Å². The van der Waals surface area contributed by atoms with E-state index in [2.05, 4.69) is 20.3 Å². The molecule has 0 aromatic carbocycles. The molecule has 0 aliphatic carbocycles. The zero-order valence-corrected chi connectivity index (χ0v) is 12.2. The molecule has 6 nitrogen and oxygen atoms in total. The Morgan fingerprint density at radius 2 is 2.29 bits per heavy atom. The van der Waals surface area contributed by atoms with E-state index in [1.165, 1.54) is 6.20 Å². The van der Waals surface area contributed by atoms with Crippen LogP contribution >= 0.6 is 11.6 Å². The summed E-state index contributed by atoms with van der Waals surface area (Å²) in [5.41, 5.74) is 7.07. The number of ether oxygens (including phenoxy) is 1. The minimum Gasteiger partial charge on any atom is -0.384 e. The van der Waals surface area contributed by atoms with Gasteiger partial charge in [-0.1, -0.05) is 11.6 Å². The number of nitrogens with one attached hydrogen (secondary N) is 1. The highest BCUT2D eigenvalue weighted by Crippen LogP contribution is 2.27. The lowest BCUT2D eigenvalue weighted by atomic mass is 10.2. The van der Waals surface area contributed by atoms with Gasteiger partial charge in [-0.15, -0.1) is 0 Å². The maximum Gasteiger partial charge on any atom is 0.145 e. The van der Waals surface area contributed by atoms with Gasteiger partial charge in [0.1, 0.15) is 11.6 Å². The second-order valence-electron chi connectivity index (χ2n) is 4.89. The summed E-state index contributed by atoms with van der Waals surface area (Å²) in [5, 5.41) is 3.74. The molecule has 0 spiro atoms. The van der Waals surface area contributed by atoms with Gasteiger partial charge in [-0.25, -0.2) is 9.97 Å².